The van der Waals surface area contributed by atoms with Gasteiger partial charge in [0.15, 0.2) is 16.0 Å². The standard InChI is InChI=1S/C12H20B2N2/c13-15-9-5-1-2-6-10(9)16(14)12-8-4-3-7-11(12)15/h9-12H,1-8H2. The molecule has 3 fully saturated rings. The van der Waals surface area contributed by atoms with E-state index in [1.54, 1.807) is 0 Å². The zero-order chi connectivity index (χ0) is 11.1. The number of rotatable bonds is 0. The summed E-state index contributed by atoms with van der Waals surface area (Å²) in [5.41, 5.74) is 0. The van der Waals surface area contributed by atoms with Crippen LogP contribution in [-0.2, 0) is 0 Å². The predicted molar refractivity (Wildman–Crippen MR) is 67.3 cm³/mol. The molecule has 0 aromatic carbocycles. The molecular formula is C12H20B2N2. The minimum absolute atomic E-state index is 0.512. The fraction of sp³-hybridized carbons (Fsp3) is 1.00. The van der Waals surface area contributed by atoms with Gasteiger partial charge in [-0.1, -0.05) is 25.7 Å². The van der Waals surface area contributed by atoms with Crippen molar-refractivity contribution in [1.82, 2.24) is 9.62 Å². The molecule has 4 radical (unpaired) electrons. The van der Waals surface area contributed by atoms with E-state index in [1.807, 2.05) is 0 Å². The van der Waals surface area contributed by atoms with Gasteiger partial charge in [0, 0.05) is 24.2 Å². The van der Waals surface area contributed by atoms with Crippen LogP contribution >= 0.6 is 0 Å². The first-order valence-electron chi connectivity index (χ1n) is 6.85. The van der Waals surface area contributed by atoms with Crippen LogP contribution in [0.15, 0.2) is 0 Å². The highest BCUT2D eigenvalue weighted by Crippen LogP contribution is 2.38. The Morgan fingerprint density at radius 2 is 0.812 bits per heavy atom. The summed E-state index contributed by atoms with van der Waals surface area (Å²) in [6.07, 6.45) is 10.2. The summed E-state index contributed by atoms with van der Waals surface area (Å²) < 4.78 is 0. The van der Waals surface area contributed by atoms with E-state index in [0.29, 0.717) is 24.2 Å². The molecule has 3 rings (SSSR count). The Labute approximate surface area is 102 Å². The molecule has 3 aliphatic rings. The Balaban J connectivity index is 1.83. The van der Waals surface area contributed by atoms with E-state index in [1.165, 1.54) is 51.4 Å². The van der Waals surface area contributed by atoms with Crippen LogP contribution in [0.2, 0.25) is 0 Å². The molecule has 0 aromatic heterocycles. The smallest absolute Gasteiger partial charge is 0.183 e. The van der Waals surface area contributed by atoms with Gasteiger partial charge in [-0.3, -0.25) is 0 Å². The second-order valence-electron chi connectivity index (χ2n) is 5.73. The summed E-state index contributed by atoms with van der Waals surface area (Å²) >= 11 is 0. The van der Waals surface area contributed by atoms with Gasteiger partial charge >= 0.3 is 0 Å². The van der Waals surface area contributed by atoms with Gasteiger partial charge in [-0.25, -0.2) is 0 Å². The van der Waals surface area contributed by atoms with E-state index in [9.17, 15) is 0 Å². The Kier molecular flexibility index (Phi) is 3.05. The molecule has 0 amide bonds. The van der Waals surface area contributed by atoms with Crippen molar-refractivity contribution in [2.45, 2.75) is 75.5 Å². The third-order valence-electron chi connectivity index (χ3n) is 4.92. The molecule has 1 heterocycles. The van der Waals surface area contributed by atoms with Gasteiger partial charge in [0.1, 0.15) is 0 Å². The largest absolute Gasteiger partial charge is 0.346 e. The average Bonchev–Trinajstić information content (AvgIpc) is 2.36. The fourth-order valence-electron chi connectivity index (χ4n) is 4.07. The molecular weight excluding hydrogens is 194 g/mol. The lowest BCUT2D eigenvalue weighted by atomic mass is 9.74. The molecule has 0 spiro atoms. The molecule has 0 bridgehead atoms. The SMILES string of the molecule is [B]N1C2CCCCC2N([B])C2CCCCC21. The Bertz CT molecular complexity index is 211. The maximum atomic E-state index is 6.36. The van der Waals surface area contributed by atoms with Crippen LogP contribution in [0, 0.1) is 0 Å². The zero-order valence-electron chi connectivity index (χ0n) is 10.0. The Morgan fingerprint density at radius 1 is 0.562 bits per heavy atom. The summed E-state index contributed by atoms with van der Waals surface area (Å²) in [7, 11) is 12.7. The van der Waals surface area contributed by atoms with E-state index in [4.69, 9.17) is 16.0 Å². The molecule has 84 valence electrons. The summed E-state index contributed by atoms with van der Waals surface area (Å²) in [6.45, 7) is 0. The summed E-state index contributed by atoms with van der Waals surface area (Å²) in [5.74, 6) is 0. The van der Waals surface area contributed by atoms with E-state index in [-0.39, 0.29) is 0 Å². The van der Waals surface area contributed by atoms with Crippen LogP contribution in [0.25, 0.3) is 0 Å². The number of nitrogens with zero attached hydrogens (tertiary/aromatic N) is 2. The molecule has 0 N–H and O–H groups in total. The van der Waals surface area contributed by atoms with E-state index < -0.39 is 0 Å². The summed E-state index contributed by atoms with van der Waals surface area (Å²) in [5, 5.41) is 0. The minimum Gasteiger partial charge on any atom is -0.346 e. The lowest BCUT2D eigenvalue weighted by Crippen LogP contribution is -2.68. The van der Waals surface area contributed by atoms with Crippen molar-refractivity contribution >= 4 is 16.0 Å². The van der Waals surface area contributed by atoms with Crippen molar-refractivity contribution < 1.29 is 0 Å². The fourth-order valence-corrected chi connectivity index (χ4v) is 4.07. The first kappa shape index (κ1) is 11.2. The van der Waals surface area contributed by atoms with Crippen molar-refractivity contribution in [3.8, 4) is 0 Å². The van der Waals surface area contributed by atoms with Gasteiger partial charge in [0.2, 0.25) is 0 Å². The maximum Gasteiger partial charge on any atom is 0.183 e. The molecule has 16 heavy (non-hydrogen) atoms. The van der Waals surface area contributed by atoms with Crippen LogP contribution in [0.4, 0.5) is 0 Å². The first-order chi connectivity index (χ1) is 7.79. The number of piperazine rings is 1. The first-order valence-corrected chi connectivity index (χ1v) is 6.85. The number of hydrogen-bond acceptors (Lipinski definition) is 2. The number of hydrogen-bond donors (Lipinski definition) is 0. The van der Waals surface area contributed by atoms with E-state index in [2.05, 4.69) is 9.62 Å². The van der Waals surface area contributed by atoms with Crippen molar-refractivity contribution in [3.05, 3.63) is 0 Å². The lowest BCUT2D eigenvalue weighted by Gasteiger charge is -2.58. The molecule has 4 heteroatoms. The van der Waals surface area contributed by atoms with Crippen molar-refractivity contribution in [1.29, 1.82) is 0 Å². The predicted octanol–water partition coefficient (Wildman–Crippen LogP) is 1.39. The Hall–Kier alpha value is 0.0499. The highest BCUT2D eigenvalue weighted by atomic mass is 15.3. The van der Waals surface area contributed by atoms with Crippen molar-refractivity contribution in [2.75, 3.05) is 0 Å². The van der Waals surface area contributed by atoms with Crippen LogP contribution in [0.5, 0.6) is 0 Å². The average molecular weight is 214 g/mol. The van der Waals surface area contributed by atoms with Gasteiger partial charge in [-0.15, -0.1) is 0 Å². The van der Waals surface area contributed by atoms with Crippen LogP contribution < -0.4 is 0 Å². The molecule has 0 aromatic rings. The van der Waals surface area contributed by atoms with Crippen LogP contribution in [-0.4, -0.2) is 49.8 Å². The van der Waals surface area contributed by atoms with Crippen molar-refractivity contribution in [3.63, 3.8) is 0 Å². The van der Waals surface area contributed by atoms with Gasteiger partial charge < -0.3 is 9.62 Å². The van der Waals surface area contributed by atoms with Gasteiger partial charge in [0.05, 0.1) is 0 Å². The van der Waals surface area contributed by atoms with Gasteiger partial charge in [-0.2, -0.15) is 0 Å². The maximum absolute atomic E-state index is 6.36. The highest BCUT2D eigenvalue weighted by Gasteiger charge is 2.44. The van der Waals surface area contributed by atoms with Crippen molar-refractivity contribution in [2.24, 2.45) is 0 Å². The van der Waals surface area contributed by atoms with Crippen LogP contribution in [0.1, 0.15) is 51.4 Å². The Morgan fingerprint density at radius 3 is 1.06 bits per heavy atom. The van der Waals surface area contributed by atoms with E-state index in [0.717, 1.165) is 0 Å². The number of fused-ring (bicyclic) bond motifs is 2. The summed E-state index contributed by atoms with van der Waals surface area (Å²) in [6, 6.07) is 2.05. The van der Waals surface area contributed by atoms with E-state index >= 15 is 0 Å². The van der Waals surface area contributed by atoms with Crippen LogP contribution in [0.3, 0.4) is 0 Å². The molecule has 4 atom stereocenters. The monoisotopic (exact) mass is 214 g/mol. The molecule has 2 nitrogen and oxygen atoms in total. The third kappa shape index (κ3) is 1.65. The third-order valence-corrected chi connectivity index (χ3v) is 4.92. The minimum atomic E-state index is 0.512. The topological polar surface area (TPSA) is 6.48 Å². The lowest BCUT2D eigenvalue weighted by molar-refractivity contribution is -0.00514. The second kappa shape index (κ2) is 4.38. The van der Waals surface area contributed by atoms with Gasteiger partial charge in [-0.05, 0) is 25.7 Å². The normalized spacial score (nSPS) is 46.0. The molecule has 2 aliphatic carbocycles. The molecule has 4 unspecified atom stereocenters. The van der Waals surface area contributed by atoms with Gasteiger partial charge in [0.25, 0.3) is 0 Å². The highest BCUT2D eigenvalue weighted by molar-refractivity contribution is 6.07. The molecule has 1 aliphatic heterocycles. The zero-order valence-corrected chi connectivity index (χ0v) is 10.0. The molecule has 1 saturated heterocycles. The molecule has 2 saturated carbocycles. The quantitative estimate of drug-likeness (QED) is 0.562. The second-order valence-corrected chi connectivity index (χ2v) is 5.73. The summed E-state index contributed by atoms with van der Waals surface area (Å²) in [4.78, 5) is 4.36.